The van der Waals surface area contributed by atoms with Gasteiger partial charge in [0.25, 0.3) is 0 Å². The van der Waals surface area contributed by atoms with E-state index < -0.39 is 0 Å². The maximum absolute atomic E-state index is 6.54. The van der Waals surface area contributed by atoms with Crippen molar-refractivity contribution < 1.29 is 13.3 Å². The standard InChI is InChI=1S/C50H29N3O.C44H25N3O.C42H27N3O/c1-2-12-30(13-3-1)40-29-44-48(38-19-9-8-18-36(38)40)47-35-17-7-6-14-31(35)23-25-43(47)53(44)50-51-42-21-11-10-20-39(42)49(52-50)34-22-24-37-41-26-32-15-4-5-16-33(32)27-46(41)54-45(37)28-34;1-2-12-29-24-40-35(23-28(29)11-1)33-20-17-30(25-39(33)48-40)43-34-15-7-8-16-36(34)45-44(46-43)47-37-21-18-26-9-3-5-13-31(26)41(37)42-32-14-6-4-10-27(32)19-22-38(42)47;1-3-11-28(12-4-1)29-19-22-34(23-20-29)45(33-15-5-2-6-16-33)42-43-38-18-10-9-17-36(38)41(44-42)32-21-24-35-37-25-30-13-7-8-14-31(30)26-40(37)46-39(35)27-32/h1-29H;1-25H;1-27H. The molecule has 0 spiro atoms. The molecule has 32 rings (SSSR count). The number of hydrogen-bond acceptors (Lipinski definition) is 10. The highest BCUT2D eigenvalue weighted by atomic mass is 16.3. The minimum atomic E-state index is 0.600. The van der Waals surface area contributed by atoms with E-state index in [4.69, 9.17) is 43.2 Å². The van der Waals surface area contributed by atoms with Gasteiger partial charge in [0, 0.05) is 98.1 Å². The molecule has 0 saturated heterocycles. The number of para-hydroxylation sites is 4. The van der Waals surface area contributed by atoms with Gasteiger partial charge in [0.2, 0.25) is 17.8 Å². The highest BCUT2D eigenvalue weighted by Gasteiger charge is 2.28. The maximum Gasteiger partial charge on any atom is 0.235 e. The molecule has 12 nitrogen and oxygen atoms in total. The smallest absolute Gasteiger partial charge is 0.235 e. The fourth-order valence-corrected chi connectivity index (χ4v) is 22.8. The Kier molecular flexibility index (Phi) is 19.1. The van der Waals surface area contributed by atoms with Crippen LogP contribution in [0.4, 0.5) is 17.3 Å². The van der Waals surface area contributed by atoms with Crippen molar-refractivity contribution in [2.45, 2.75) is 0 Å². The summed E-state index contributed by atoms with van der Waals surface area (Å²) in [6, 6.07) is 173. The topological polar surface area (TPSA) is 130 Å². The van der Waals surface area contributed by atoms with Gasteiger partial charge < -0.3 is 13.3 Å². The summed E-state index contributed by atoms with van der Waals surface area (Å²) in [5.41, 5.74) is 24.3. The van der Waals surface area contributed by atoms with E-state index in [0.29, 0.717) is 17.8 Å². The molecule has 0 fully saturated rings. The van der Waals surface area contributed by atoms with Crippen LogP contribution in [0.25, 0.3) is 285 Å². The first kappa shape index (κ1) is 83.7. The second-order valence-corrected chi connectivity index (χ2v) is 38.2. The molecule has 0 atom stereocenters. The predicted molar refractivity (Wildman–Crippen MR) is 614 cm³/mol. The molecule has 0 bridgehead atoms. The third kappa shape index (κ3) is 13.8. The Bertz CT molecular complexity index is 11000. The zero-order valence-electron chi connectivity index (χ0n) is 79.5. The molecular formula is C136H81N9O3. The van der Waals surface area contributed by atoms with Crippen LogP contribution < -0.4 is 4.90 Å². The zero-order valence-corrected chi connectivity index (χ0v) is 79.5. The van der Waals surface area contributed by atoms with Crippen molar-refractivity contribution in [3.63, 3.8) is 0 Å². The minimum Gasteiger partial charge on any atom is -0.456 e. The number of rotatable bonds is 10. The largest absolute Gasteiger partial charge is 0.456 e. The van der Waals surface area contributed by atoms with Crippen LogP contribution in [0.15, 0.2) is 505 Å². The van der Waals surface area contributed by atoms with Crippen LogP contribution in [0.3, 0.4) is 0 Å². The van der Waals surface area contributed by atoms with Crippen molar-refractivity contribution in [3.8, 4) is 67.9 Å². The van der Waals surface area contributed by atoms with Gasteiger partial charge in [-0.05, 0) is 237 Å². The highest BCUT2D eigenvalue weighted by molar-refractivity contribution is 6.32. The summed E-state index contributed by atoms with van der Waals surface area (Å²) in [5.74, 6) is 1.87. The molecule has 0 radical (unpaired) electrons. The van der Waals surface area contributed by atoms with E-state index in [2.05, 4.69) is 463 Å². The summed E-state index contributed by atoms with van der Waals surface area (Å²) < 4.78 is 24.0. The molecule has 0 aliphatic heterocycles. The first-order valence-electron chi connectivity index (χ1n) is 50.0. The van der Waals surface area contributed by atoms with Crippen molar-refractivity contribution >= 4 is 235 Å². The number of benzene rings is 24. The lowest BCUT2D eigenvalue weighted by molar-refractivity contribution is 0.669. The van der Waals surface area contributed by atoms with Gasteiger partial charge in [0.1, 0.15) is 33.5 Å². The van der Waals surface area contributed by atoms with Gasteiger partial charge in [0.05, 0.1) is 55.7 Å². The first-order valence-corrected chi connectivity index (χ1v) is 50.0. The third-order valence-corrected chi connectivity index (χ3v) is 29.8. The molecule has 0 N–H and O–H groups in total. The molecule has 32 aromatic rings. The maximum atomic E-state index is 6.54. The fraction of sp³-hybridized carbons (Fsp3) is 0. The van der Waals surface area contributed by atoms with Crippen LogP contribution in [0.1, 0.15) is 0 Å². The van der Waals surface area contributed by atoms with Crippen LogP contribution >= 0.6 is 0 Å². The summed E-state index contributed by atoms with van der Waals surface area (Å²) >= 11 is 0. The van der Waals surface area contributed by atoms with Crippen molar-refractivity contribution in [1.82, 2.24) is 39.0 Å². The zero-order chi connectivity index (χ0) is 97.1. The predicted octanol–water partition coefficient (Wildman–Crippen LogP) is 36.7. The Morgan fingerprint density at radius 2 is 0.466 bits per heavy atom. The highest BCUT2D eigenvalue weighted by Crippen LogP contribution is 2.49. The number of furan rings is 3. The molecular weight excluding hydrogens is 1810 g/mol. The van der Waals surface area contributed by atoms with Crippen LogP contribution in [0.5, 0.6) is 0 Å². The minimum absolute atomic E-state index is 0.600. The average molecular weight is 1890 g/mol. The van der Waals surface area contributed by atoms with E-state index in [1.54, 1.807) is 0 Å². The van der Waals surface area contributed by atoms with Crippen molar-refractivity contribution in [3.05, 3.63) is 491 Å². The SMILES string of the molecule is c1ccc(-c2cc3c(c4ccccc24)c2c4ccccc4ccc2n3-c2nc(-c3ccc4c(c3)oc3cc5ccccc5cc34)c3ccccc3n2)cc1.c1ccc(-c2ccc(N(c3ccccc3)c3nc(-c4ccc5c(c4)oc4cc6ccccc6cc45)c4ccccc4n3)cc2)cc1.c1ccc2cc3c(cc2c1)oc1cc(-c2nc(-n4c5ccc6ccccc6c5c5c6ccccc6ccc54)nc4ccccc24)ccc13. The molecule has 688 valence electrons. The number of aromatic nitrogens is 8. The van der Waals surface area contributed by atoms with Crippen molar-refractivity contribution in [2.75, 3.05) is 4.90 Å². The second-order valence-electron chi connectivity index (χ2n) is 38.2. The van der Waals surface area contributed by atoms with Crippen LogP contribution in [-0.4, -0.2) is 39.0 Å². The Balaban J connectivity index is 0.000000103. The molecule has 0 amide bonds. The lowest BCUT2D eigenvalue weighted by atomic mass is 9.94. The summed E-state index contributed by atoms with van der Waals surface area (Å²) in [6.07, 6.45) is 0. The Labute approximate surface area is 845 Å². The van der Waals surface area contributed by atoms with Gasteiger partial charge in [-0.2, -0.15) is 0 Å². The molecule has 0 saturated carbocycles. The fourth-order valence-electron chi connectivity index (χ4n) is 22.8. The lowest BCUT2D eigenvalue weighted by Gasteiger charge is -2.24. The molecule has 8 heterocycles. The molecule has 24 aromatic carbocycles. The molecule has 0 aliphatic rings. The van der Waals surface area contributed by atoms with Gasteiger partial charge >= 0.3 is 0 Å². The Morgan fingerprint density at radius 3 is 0.885 bits per heavy atom. The van der Waals surface area contributed by atoms with Crippen molar-refractivity contribution in [2.24, 2.45) is 0 Å². The summed E-state index contributed by atoms with van der Waals surface area (Å²) in [7, 11) is 0. The van der Waals surface area contributed by atoms with E-state index in [0.717, 1.165) is 177 Å². The van der Waals surface area contributed by atoms with Crippen molar-refractivity contribution in [1.29, 1.82) is 0 Å². The summed E-state index contributed by atoms with van der Waals surface area (Å²) in [5, 5.41) is 31.2. The van der Waals surface area contributed by atoms with Gasteiger partial charge in [-0.25, -0.2) is 29.9 Å². The molecule has 8 aromatic heterocycles. The quantitative estimate of drug-likeness (QED) is 0.130. The van der Waals surface area contributed by atoms with Crippen LogP contribution in [-0.2, 0) is 0 Å². The lowest BCUT2D eigenvalue weighted by Crippen LogP contribution is -2.14. The number of fused-ring (bicyclic) bond motifs is 29. The van der Waals surface area contributed by atoms with Gasteiger partial charge in [0.15, 0.2) is 0 Å². The molecule has 12 heteroatoms. The molecule has 0 aliphatic carbocycles. The second kappa shape index (κ2) is 33.8. The van der Waals surface area contributed by atoms with E-state index in [1.807, 2.05) is 42.5 Å². The normalized spacial score (nSPS) is 11.9. The van der Waals surface area contributed by atoms with Crippen LogP contribution in [0, 0.1) is 0 Å². The number of nitrogens with zero attached hydrogens (tertiary/aromatic N) is 9. The summed E-state index contributed by atoms with van der Waals surface area (Å²) in [4.78, 5) is 33.9. The molecule has 0 unspecified atom stereocenters. The Morgan fingerprint density at radius 1 is 0.169 bits per heavy atom. The number of anilines is 3. The van der Waals surface area contributed by atoms with E-state index >= 15 is 0 Å². The average Bonchev–Trinajstić information content (AvgIpc) is 1.55. The molecule has 148 heavy (non-hydrogen) atoms. The third-order valence-electron chi connectivity index (χ3n) is 29.8. The van der Waals surface area contributed by atoms with Crippen LogP contribution in [0.2, 0.25) is 0 Å². The summed E-state index contributed by atoms with van der Waals surface area (Å²) in [6.45, 7) is 0. The Hall–Kier alpha value is -20.1. The van der Waals surface area contributed by atoms with Gasteiger partial charge in [-0.3, -0.25) is 14.0 Å². The van der Waals surface area contributed by atoms with E-state index in [-0.39, 0.29) is 0 Å². The number of hydrogen-bond donors (Lipinski definition) is 0. The monoisotopic (exact) mass is 1890 g/mol. The van der Waals surface area contributed by atoms with Gasteiger partial charge in [-0.1, -0.05) is 352 Å². The van der Waals surface area contributed by atoms with E-state index in [1.165, 1.54) is 108 Å². The van der Waals surface area contributed by atoms with E-state index in [9.17, 15) is 0 Å². The first-order chi connectivity index (χ1) is 73.3. The van der Waals surface area contributed by atoms with Gasteiger partial charge in [-0.15, -0.1) is 0 Å².